The Morgan fingerprint density at radius 1 is 1.08 bits per heavy atom. The van der Waals surface area contributed by atoms with Crippen molar-refractivity contribution >= 4 is 17.6 Å². The molecule has 25 heavy (non-hydrogen) atoms. The van der Waals surface area contributed by atoms with E-state index in [-0.39, 0.29) is 17.2 Å². The number of anilines is 1. The van der Waals surface area contributed by atoms with Crippen LogP contribution in [0.2, 0.25) is 0 Å². The van der Waals surface area contributed by atoms with Crippen LogP contribution < -0.4 is 9.64 Å². The van der Waals surface area contributed by atoms with Crippen molar-refractivity contribution in [2.24, 2.45) is 0 Å². The number of hydrogen-bond donors (Lipinski definition) is 0. The summed E-state index contributed by atoms with van der Waals surface area (Å²) in [5, 5.41) is 0. The molecule has 1 amide bonds. The van der Waals surface area contributed by atoms with Crippen LogP contribution in [0.25, 0.3) is 0 Å². The van der Waals surface area contributed by atoms with E-state index in [4.69, 9.17) is 4.74 Å². The first-order valence-electron chi connectivity index (χ1n) is 7.64. The number of hydrogen-bond acceptors (Lipinski definition) is 3. The van der Waals surface area contributed by atoms with Gasteiger partial charge in [0.1, 0.15) is 5.75 Å². The van der Waals surface area contributed by atoms with Gasteiger partial charge < -0.3 is 9.64 Å². The Balaban J connectivity index is 1.72. The van der Waals surface area contributed by atoms with Crippen molar-refractivity contribution in [3.05, 3.63) is 59.7 Å². The Labute approximate surface area is 141 Å². The predicted molar refractivity (Wildman–Crippen MR) is 84.4 cm³/mol. The van der Waals surface area contributed by atoms with E-state index in [1.54, 1.807) is 17.0 Å². The molecule has 0 aliphatic carbocycles. The molecule has 1 heterocycles. The molecule has 0 bridgehead atoms. The molecule has 0 saturated carbocycles. The lowest BCUT2D eigenvalue weighted by Crippen LogP contribution is -2.23. The van der Waals surface area contributed by atoms with Gasteiger partial charge in [0.25, 0.3) is 0 Å². The number of halogens is 3. The second kappa shape index (κ2) is 6.58. The Hall–Kier alpha value is -2.83. The predicted octanol–water partition coefficient (Wildman–Crippen LogP) is 4.05. The smallest absolute Gasteiger partial charge is 0.416 e. The molecule has 2 aromatic carbocycles. The van der Waals surface area contributed by atoms with Crippen LogP contribution in [0.15, 0.2) is 48.5 Å². The van der Waals surface area contributed by atoms with Crippen LogP contribution in [0, 0.1) is 0 Å². The number of carbonyl (C=O) groups excluding carboxylic acids is 2. The molecule has 4 nitrogen and oxygen atoms in total. The van der Waals surface area contributed by atoms with Crippen molar-refractivity contribution in [3.63, 3.8) is 0 Å². The fourth-order valence-corrected chi connectivity index (χ4v) is 2.60. The van der Waals surface area contributed by atoms with E-state index in [9.17, 15) is 22.8 Å². The highest BCUT2D eigenvalue weighted by atomic mass is 19.4. The lowest BCUT2D eigenvalue weighted by atomic mass is 10.2. The average molecular weight is 349 g/mol. The lowest BCUT2D eigenvalue weighted by molar-refractivity contribution is -0.137. The molecule has 0 aromatic heterocycles. The highest BCUT2D eigenvalue weighted by Crippen LogP contribution is 2.31. The molecule has 0 atom stereocenters. The number of benzene rings is 2. The third-order valence-electron chi connectivity index (χ3n) is 3.86. The lowest BCUT2D eigenvalue weighted by Gasteiger charge is -2.15. The van der Waals surface area contributed by atoms with Crippen molar-refractivity contribution < 1.29 is 27.5 Å². The van der Waals surface area contributed by atoms with E-state index in [1.165, 1.54) is 24.3 Å². The highest BCUT2D eigenvalue weighted by molar-refractivity contribution is 5.96. The van der Waals surface area contributed by atoms with E-state index in [0.29, 0.717) is 18.7 Å². The van der Waals surface area contributed by atoms with Gasteiger partial charge in [-0.15, -0.1) is 0 Å². The molecule has 0 N–H and O–H groups in total. The summed E-state index contributed by atoms with van der Waals surface area (Å²) in [5.41, 5.74) is -0.0216. The second-order valence-electron chi connectivity index (χ2n) is 5.61. The summed E-state index contributed by atoms with van der Waals surface area (Å²) >= 11 is 0. The van der Waals surface area contributed by atoms with E-state index in [1.807, 2.05) is 0 Å². The molecular weight excluding hydrogens is 335 g/mol. The SMILES string of the molecule is O=C(Oc1cccc(C(F)(F)F)c1)c1ccc(N2CCCC2=O)cc1. The van der Waals surface area contributed by atoms with Crippen LogP contribution in [-0.2, 0) is 11.0 Å². The van der Waals surface area contributed by atoms with Gasteiger partial charge in [-0.05, 0) is 48.9 Å². The van der Waals surface area contributed by atoms with Crippen LogP contribution in [0.5, 0.6) is 5.75 Å². The zero-order chi connectivity index (χ0) is 18.0. The van der Waals surface area contributed by atoms with Gasteiger partial charge in [0.15, 0.2) is 0 Å². The Morgan fingerprint density at radius 2 is 1.80 bits per heavy atom. The van der Waals surface area contributed by atoms with Gasteiger partial charge in [0.2, 0.25) is 5.91 Å². The summed E-state index contributed by atoms with van der Waals surface area (Å²) < 4.78 is 43.0. The van der Waals surface area contributed by atoms with E-state index in [0.717, 1.165) is 18.6 Å². The number of esters is 1. The summed E-state index contributed by atoms with van der Waals surface area (Å²) in [7, 11) is 0. The maximum atomic E-state index is 12.7. The maximum absolute atomic E-state index is 12.7. The summed E-state index contributed by atoms with van der Waals surface area (Å²) in [4.78, 5) is 25.4. The van der Waals surface area contributed by atoms with Crippen molar-refractivity contribution in [3.8, 4) is 5.75 Å². The van der Waals surface area contributed by atoms with Crippen LogP contribution >= 0.6 is 0 Å². The summed E-state index contributed by atoms with van der Waals surface area (Å²) in [6.07, 6.45) is -3.22. The molecule has 0 spiro atoms. The van der Waals surface area contributed by atoms with Crippen LogP contribution in [-0.4, -0.2) is 18.4 Å². The largest absolute Gasteiger partial charge is 0.423 e. The second-order valence-corrected chi connectivity index (χ2v) is 5.61. The van der Waals surface area contributed by atoms with E-state index < -0.39 is 17.7 Å². The summed E-state index contributed by atoms with van der Waals surface area (Å²) in [6, 6.07) is 10.3. The van der Waals surface area contributed by atoms with E-state index >= 15 is 0 Å². The fraction of sp³-hybridized carbons (Fsp3) is 0.222. The molecule has 2 aromatic rings. The zero-order valence-electron chi connectivity index (χ0n) is 13.0. The van der Waals surface area contributed by atoms with Gasteiger partial charge in [0, 0.05) is 18.7 Å². The molecule has 0 unspecified atom stereocenters. The van der Waals surface area contributed by atoms with Crippen molar-refractivity contribution in [1.82, 2.24) is 0 Å². The van der Waals surface area contributed by atoms with Crippen molar-refractivity contribution in [2.45, 2.75) is 19.0 Å². The number of alkyl halides is 3. The van der Waals surface area contributed by atoms with Crippen LogP contribution in [0.3, 0.4) is 0 Å². The third kappa shape index (κ3) is 3.81. The minimum absolute atomic E-state index is 0.0271. The molecule has 7 heteroatoms. The topological polar surface area (TPSA) is 46.6 Å². The first-order chi connectivity index (χ1) is 11.8. The highest BCUT2D eigenvalue weighted by Gasteiger charge is 2.30. The first kappa shape index (κ1) is 17.0. The van der Waals surface area contributed by atoms with Gasteiger partial charge >= 0.3 is 12.1 Å². The van der Waals surface area contributed by atoms with Gasteiger partial charge in [-0.2, -0.15) is 13.2 Å². The van der Waals surface area contributed by atoms with Gasteiger partial charge in [0.05, 0.1) is 11.1 Å². The van der Waals surface area contributed by atoms with Crippen LogP contribution in [0.1, 0.15) is 28.8 Å². The molecule has 1 saturated heterocycles. The number of ether oxygens (including phenoxy) is 1. The Morgan fingerprint density at radius 3 is 2.40 bits per heavy atom. The minimum atomic E-state index is -4.51. The fourth-order valence-electron chi connectivity index (χ4n) is 2.60. The quantitative estimate of drug-likeness (QED) is 0.620. The standard InChI is InChI=1S/C18H14F3NO3/c19-18(20,21)13-3-1-4-15(11-13)25-17(24)12-6-8-14(9-7-12)22-10-2-5-16(22)23/h1,3-4,6-9,11H,2,5,10H2. The first-order valence-corrected chi connectivity index (χ1v) is 7.64. The number of carbonyl (C=O) groups is 2. The normalized spacial score (nSPS) is 14.7. The third-order valence-corrected chi connectivity index (χ3v) is 3.86. The maximum Gasteiger partial charge on any atom is 0.416 e. The summed E-state index contributed by atoms with van der Waals surface area (Å²) in [5.74, 6) is -0.920. The number of rotatable bonds is 3. The average Bonchev–Trinajstić information content (AvgIpc) is 3.00. The van der Waals surface area contributed by atoms with Gasteiger partial charge in [-0.3, -0.25) is 4.79 Å². The number of amides is 1. The van der Waals surface area contributed by atoms with Crippen LogP contribution in [0.4, 0.5) is 18.9 Å². The molecular formula is C18H14F3NO3. The summed E-state index contributed by atoms with van der Waals surface area (Å²) in [6.45, 7) is 0.632. The molecule has 1 aliphatic rings. The molecule has 3 rings (SSSR count). The molecule has 1 aliphatic heterocycles. The minimum Gasteiger partial charge on any atom is -0.423 e. The molecule has 130 valence electrons. The Bertz CT molecular complexity index is 800. The Kier molecular flexibility index (Phi) is 4.48. The zero-order valence-corrected chi connectivity index (χ0v) is 13.0. The van der Waals surface area contributed by atoms with E-state index in [2.05, 4.69) is 0 Å². The molecule has 0 radical (unpaired) electrons. The van der Waals surface area contributed by atoms with Gasteiger partial charge in [-0.25, -0.2) is 4.79 Å². The molecule has 1 fully saturated rings. The van der Waals surface area contributed by atoms with Crippen molar-refractivity contribution in [1.29, 1.82) is 0 Å². The monoisotopic (exact) mass is 349 g/mol. The van der Waals surface area contributed by atoms with Crippen molar-refractivity contribution in [2.75, 3.05) is 11.4 Å². The van der Waals surface area contributed by atoms with Gasteiger partial charge in [-0.1, -0.05) is 6.07 Å². The number of nitrogens with zero attached hydrogens (tertiary/aromatic N) is 1.